The number of ether oxygens (including phenoxy) is 1. The summed E-state index contributed by atoms with van der Waals surface area (Å²) >= 11 is 6.11. The van der Waals surface area contributed by atoms with Crippen LogP contribution in [0.1, 0.15) is 56.9 Å². The van der Waals surface area contributed by atoms with Gasteiger partial charge in [0, 0.05) is 5.02 Å². The molecule has 4 heteroatoms. The maximum atomic E-state index is 10.7. The molecule has 0 bridgehead atoms. The van der Waals surface area contributed by atoms with Crippen LogP contribution in [0.2, 0.25) is 5.02 Å². The van der Waals surface area contributed by atoms with E-state index >= 15 is 0 Å². The van der Waals surface area contributed by atoms with Gasteiger partial charge in [-0.2, -0.15) is 0 Å². The minimum atomic E-state index is -0.842. The van der Waals surface area contributed by atoms with E-state index in [0.717, 1.165) is 24.2 Å². The van der Waals surface area contributed by atoms with Crippen LogP contribution in [0.15, 0.2) is 18.2 Å². The number of rotatable bonds is 5. The van der Waals surface area contributed by atoms with Crippen molar-refractivity contribution in [3.05, 3.63) is 28.8 Å². The van der Waals surface area contributed by atoms with Crippen molar-refractivity contribution in [2.75, 3.05) is 0 Å². The van der Waals surface area contributed by atoms with Crippen LogP contribution in [0.3, 0.4) is 0 Å². The normalized spacial score (nSPS) is 17.7. The van der Waals surface area contributed by atoms with Crippen LogP contribution < -0.4 is 4.74 Å². The van der Waals surface area contributed by atoms with Crippen molar-refractivity contribution >= 4 is 17.6 Å². The molecule has 1 saturated carbocycles. The molecule has 0 saturated heterocycles. The van der Waals surface area contributed by atoms with Crippen molar-refractivity contribution in [2.24, 2.45) is 0 Å². The second-order valence-electron chi connectivity index (χ2n) is 5.54. The molecule has 0 heterocycles. The molecule has 1 N–H and O–H groups in total. The van der Waals surface area contributed by atoms with Gasteiger partial charge >= 0.3 is 5.97 Å². The van der Waals surface area contributed by atoms with Gasteiger partial charge in [0.25, 0.3) is 0 Å². The van der Waals surface area contributed by atoms with E-state index in [1.54, 1.807) is 13.0 Å². The van der Waals surface area contributed by atoms with E-state index in [0.29, 0.717) is 10.9 Å². The van der Waals surface area contributed by atoms with Crippen LogP contribution in [-0.4, -0.2) is 17.2 Å². The lowest BCUT2D eigenvalue weighted by Crippen LogP contribution is -2.18. The van der Waals surface area contributed by atoms with E-state index in [2.05, 4.69) is 0 Å². The Morgan fingerprint density at radius 2 is 2.10 bits per heavy atom. The fourth-order valence-electron chi connectivity index (χ4n) is 2.86. The molecule has 1 fully saturated rings. The number of hydrogen-bond donors (Lipinski definition) is 1. The first-order chi connectivity index (χ1) is 9.56. The summed E-state index contributed by atoms with van der Waals surface area (Å²) in [5.41, 5.74) is 1.13. The molecular formula is C16H21ClO3. The summed E-state index contributed by atoms with van der Waals surface area (Å²) in [6.07, 6.45) is 5.75. The molecule has 1 aromatic rings. The van der Waals surface area contributed by atoms with Gasteiger partial charge in [-0.3, -0.25) is 4.79 Å². The van der Waals surface area contributed by atoms with Crippen LogP contribution in [0.5, 0.6) is 5.75 Å². The highest BCUT2D eigenvalue weighted by Gasteiger charge is 2.21. The molecule has 2 rings (SSSR count). The lowest BCUT2D eigenvalue weighted by molar-refractivity contribution is -0.138. The third-order valence-electron chi connectivity index (χ3n) is 3.81. The van der Waals surface area contributed by atoms with Gasteiger partial charge < -0.3 is 9.84 Å². The van der Waals surface area contributed by atoms with Crippen molar-refractivity contribution < 1.29 is 14.6 Å². The Balaban J connectivity index is 2.16. The van der Waals surface area contributed by atoms with Gasteiger partial charge in [0.15, 0.2) is 0 Å². The Kier molecular flexibility index (Phi) is 5.30. The average Bonchev–Trinajstić information content (AvgIpc) is 2.41. The first-order valence-corrected chi connectivity index (χ1v) is 7.62. The smallest absolute Gasteiger partial charge is 0.307 e. The fourth-order valence-corrected chi connectivity index (χ4v) is 3.04. The highest BCUT2D eigenvalue weighted by Crippen LogP contribution is 2.39. The summed E-state index contributed by atoms with van der Waals surface area (Å²) in [5, 5.41) is 9.53. The molecule has 0 aromatic heterocycles. The molecule has 1 unspecified atom stereocenters. The van der Waals surface area contributed by atoms with Crippen LogP contribution in [0.25, 0.3) is 0 Å². The van der Waals surface area contributed by atoms with Gasteiger partial charge in [-0.05, 0) is 49.4 Å². The van der Waals surface area contributed by atoms with Crippen LogP contribution in [0.4, 0.5) is 0 Å². The molecule has 110 valence electrons. The first-order valence-electron chi connectivity index (χ1n) is 7.24. The van der Waals surface area contributed by atoms with Gasteiger partial charge in [0.1, 0.15) is 11.9 Å². The van der Waals surface area contributed by atoms with Crippen LogP contribution in [-0.2, 0) is 4.79 Å². The first kappa shape index (κ1) is 15.2. The van der Waals surface area contributed by atoms with E-state index in [1.165, 1.54) is 19.3 Å². The quantitative estimate of drug-likeness (QED) is 0.861. The molecule has 3 nitrogen and oxygen atoms in total. The summed E-state index contributed by atoms with van der Waals surface area (Å²) in [6, 6.07) is 5.64. The summed E-state index contributed by atoms with van der Waals surface area (Å²) in [6.45, 7) is 1.79. The standard InChI is InChI=1S/C16H21ClO3/c1-11(9-16(18)19)20-15-8-7-13(17)10-14(15)12-5-3-2-4-6-12/h7-8,10-12H,2-6,9H2,1H3,(H,18,19). The van der Waals surface area contributed by atoms with Crippen molar-refractivity contribution in [1.29, 1.82) is 0 Å². The lowest BCUT2D eigenvalue weighted by atomic mass is 9.83. The Morgan fingerprint density at radius 3 is 2.75 bits per heavy atom. The Bertz CT molecular complexity index is 467. The Morgan fingerprint density at radius 1 is 1.40 bits per heavy atom. The van der Waals surface area contributed by atoms with Gasteiger partial charge in [-0.25, -0.2) is 0 Å². The Hall–Kier alpha value is -1.22. The molecule has 1 aliphatic rings. The molecule has 0 radical (unpaired) electrons. The second kappa shape index (κ2) is 6.98. The molecule has 1 aromatic carbocycles. The molecule has 0 amide bonds. The minimum absolute atomic E-state index is 0.00668. The van der Waals surface area contributed by atoms with Gasteiger partial charge in [0.2, 0.25) is 0 Å². The monoisotopic (exact) mass is 296 g/mol. The van der Waals surface area contributed by atoms with E-state index in [1.807, 2.05) is 12.1 Å². The number of carbonyl (C=O) groups is 1. The summed E-state index contributed by atoms with van der Waals surface area (Å²) in [4.78, 5) is 10.7. The van der Waals surface area contributed by atoms with Crippen molar-refractivity contribution in [1.82, 2.24) is 0 Å². The predicted octanol–water partition coefficient (Wildman–Crippen LogP) is 4.63. The average molecular weight is 297 g/mol. The van der Waals surface area contributed by atoms with E-state index < -0.39 is 5.97 Å². The van der Waals surface area contributed by atoms with Gasteiger partial charge in [-0.15, -0.1) is 0 Å². The minimum Gasteiger partial charge on any atom is -0.490 e. The van der Waals surface area contributed by atoms with Crippen LogP contribution in [0, 0.1) is 0 Å². The molecule has 20 heavy (non-hydrogen) atoms. The summed E-state index contributed by atoms with van der Waals surface area (Å²) in [5.74, 6) is 0.426. The number of benzene rings is 1. The number of carboxylic acid groups (broad SMARTS) is 1. The van der Waals surface area contributed by atoms with Crippen molar-refractivity contribution in [3.63, 3.8) is 0 Å². The topological polar surface area (TPSA) is 46.5 Å². The number of hydrogen-bond acceptors (Lipinski definition) is 2. The summed E-state index contributed by atoms with van der Waals surface area (Å²) < 4.78 is 5.83. The molecule has 1 atom stereocenters. The largest absolute Gasteiger partial charge is 0.490 e. The second-order valence-corrected chi connectivity index (χ2v) is 5.98. The zero-order valence-corrected chi connectivity index (χ0v) is 12.5. The van der Waals surface area contributed by atoms with E-state index in [-0.39, 0.29) is 12.5 Å². The third-order valence-corrected chi connectivity index (χ3v) is 4.04. The maximum absolute atomic E-state index is 10.7. The SMILES string of the molecule is CC(CC(=O)O)Oc1ccc(Cl)cc1C1CCCCC1. The van der Waals surface area contributed by atoms with E-state index in [9.17, 15) is 4.79 Å². The maximum Gasteiger partial charge on any atom is 0.307 e. The number of halogens is 1. The van der Waals surface area contributed by atoms with E-state index in [4.69, 9.17) is 21.4 Å². The van der Waals surface area contributed by atoms with Crippen LogP contribution >= 0.6 is 11.6 Å². The molecule has 0 aliphatic heterocycles. The third kappa shape index (κ3) is 4.14. The Labute approximate surface area is 124 Å². The fraction of sp³-hybridized carbons (Fsp3) is 0.562. The summed E-state index contributed by atoms with van der Waals surface area (Å²) in [7, 11) is 0. The molecule has 1 aliphatic carbocycles. The van der Waals surface area contributed by atoms with Crippen molar-refractivity contribution in [3.8, 4) is 5.75 Å². The number of aliphatic carboxylic acids is 1. The predicted molar refractivity (Wildman–Crippen MR) is 79.6 cm³/mol. The van der Waals surface area contributed by atoms with Crippen molar-refractivity contribution in [2.45, 2.75) is 57.5 Å². The zero-order valence-electron chi connectivity index (χ0n) is 11.8. The van der Waals surface area contributed by atoms with Gasteiger partial charge in [-0.1, -0.05) is 30.9 Å². The lowest BCUT2D eigenvalue weighted by Gasteiger charge is -2.25. The number of carboxylic acids is 1. The highest BCUT2D eigenvalue weighted by molar-refractivity contribution is 6.30. The van der Waals surface area contributed by atoms with Gasteiger partial charge in [0.05, 0.1) is 6.42 Å². The highest BCUT2D eigenvalue weighted by atomic mass is 35.5. The molecular weight excluding hydrogens is 276 g/mol. The molecule has 0 spiro atoms. The zero-order chi connectivity index (χ0) is 14.5.